The second-order valence-corrected chi connectivity index (χ2v) is 13.1. The predicted octanol–water partition coefficient (Wildman–Crippen LogP) is 6.05. The lowest BCUT2D eigenvalue weighted by molar-refractivity contribution is 0.0984. The van der Waals surface area contributed by atoms with E-state index in [1.54, 1.807) is 23.2 Å². The van der Waals surface area contributed by atoms with Crippen LogP contribution in [0.2, 0.25) is 0 Å². The van der Waals surface area contributed by atoms with E-state index >= 15 is 0 Å². The van der Waals surface area contributed by atoms with Crippen molar-refractivity contribution < 1.29 is 13.2 Å². The molecule has 39 heavy (non-hydrogen) atoms. The van der Waals surface area contributed by atoms with E-state index in [4.69, 9.17) is 4.98 Å². The minimum atomic E-state index is -3.71. The summed E-state index contributed by atoms with van der Waals surface area (Å²) in [5.74, 6) is -0.283. The summed E-state index contributed by atoms with van der Waals surface area (Å²) in [6.07, 6.45) is 2.36. The van der Waals surface area contributed by atoms with Crippen molar-refractivity contribution in [2.24, 2.45) is 0 Å². The molecule has 1 amide bonds. The quantitative estimate of drug-likeness (QED) is 0.231. The minimum absolute atomic E-state index is 0.166. The van der Waals surface area contributed by atoms with Crippen molar-refractivity contribution in [1.29, 1.82) is 0 Å². The number of fused-ring (bicyclic) bond motifs is 2. The van der Waals surface area contributed by atoms with E-state index in [0.29, 0.717) is 30.2 Å². The van der Waals surface area contributed by atoms with Gasteiger partial charge in [0.15, 0.2) is 5.13 Å². The number of pyridine rings is 1. The highest BCUT2D eigenvalue weighted by molar-refractivity contribution is 9.10. The molecule has 2 aromatic heterocycles. The molecule has 1 aliphatic heterocycles. The number of carbonyl (C=O) groups is 1. The third kappa shape index (κ3) is 5.25. The number of thiazole rings is 1. The maximum absolute atomic E-state index is 13.8. The van der Waals surface area contributed by atoms with Crippen LogP contribution in [-0.2, 0) is 29.5 Å². The highest BCUT2D eigenvalue weighted by Gasteiger charge is 2.29. The van der Waals surface area contributed by atoms with Gasteiger partial charge in [-0.1, -0.05) is 57.6 Å². The lowest BCUT2D eigenvalue weighted by atomic mass is 10.0. The Morgan fingerprint density at radius 1 is 0.974 bits per heavy atom. The first-order chi connectivity index (χ1) is 18.9. The monoisotopic (exact) mass is 618 g/mol. The number of sulfonamides is 1. The Hall–Kier alpha value is -3.44. The summed E-state index contributed by atoms with van der Waals surface area (Å²) in [6.45, 7) is 0.990. The van der Waals surface area contributed by atoms with Crippen LogP contribution in [0.4, 0.5) is 5.13 Å². The van der Waals surface area contributed by atoms with E-state index in [0.717, 1.165) is 25.9 Å². The Bertz CT molecular complexity index is 1770. The Kier molecular flexibility index (Phi) is 7.03. The van der Waals surface area contributed by atoms with Crippen LogP contribution in [0, 0.1) is 0 Å². The van der Waals surface area contributed by atoms with E-state index in [-0.39, 0.29) is 17.3 Å². The number of amides is 1. The topological polar surface area (TPSA) is 83.5 Å². The molecule has 0 unspecified atom stereocenters. The Morgan fingerprint density at radius 2 is 1.74 bits per heavy atom. The Morgan fingerprint density at radius 3 is 2.51 bits per heavy atom. The summed E-state index contributed by atoms with van der Waals surface area (Å²) in [4.78, 5) is 24.6. The standard InChI is InChI=1S/C29H23BrN4O3S2/c30-23-10-13-26-27(17-23)38-29(32-26)34(19-24-7-3-4-15-31-24)28(35)21-8-11-25(12-9-21)39(36,37)33-16-14-20-5-1-2-6-22(20)18-33/h1-13,15,17H,14,16,18-19H2. The number of hydrogen-bond acceptors (Lipinski definition) is 6. The number of halogens is 1. The average molecular weight is 620 g/mol. The first-order valence-electron chi connectivity index (χ1n) is 12.3. The van der Waals surface area contributed by atoms with E-state index in [1.807, 2.05) is 60.7 Å². The third-order valence-corrected chi connectivity index (χ3v) is 10.1. The summed E-state index contributed by atoms with van der Waals surface area (Å²) in [7, 11) is -3.71. The van der Waals surface area contributed by atoms with Gasteiger partial charge in [-0.05, 0) is 72.1 Å². The first-order valence-corrected chi connectivity index (χ1v) is 15.4. The van der Waals surface area contributed by atoms with Gasteiger partial charge in [0.25, 0.3) is 5.91 Å². The number of anilines is 1. The first kappa shape index (κ1) is 25.8. The van der Waals surface area contributed by atoms with Crippen LogP contribution in [0.5, 0.6) is 0 Å². The third-order valence-electron chi connectivity index (χ3n) is 6.70. The van der Waals surface area contributed by atoms with Crippen LogP contribution in [0.15, 0.2) is 100 Å². The summed E-state index contributed by atoms with van der Waals surface area (Å²) in [6, 6.07) is 25.4. The van der Waals surface area contributed by atoms with Crippen LogP contribution in [0.25, 0.3) is 10.2 Å². The van der Waals surface area contributed by atoms with Crippen molar-refractivity contribution in [2.75, 3.05) is 11.4 Å². The number of aromatic nitrogens is 2. The van der Waals surface area contributed by atoms with Crippen LogP contribution in [-0.4, -0.2) is 35.1 Å². The fourth-order valence-corrected chi connectivity index (χ4v) is 7.57. The maximum atomic E-state index is 13.8. The average Bonchev–Trinajstić information content (AvgIpc) is 3.39. The van der Waals surface area contributed by atoms with Crippen molar-refractivity contribution in [1.82, 2.24) is 14.3 Å². The molecule has 0 saturated carbocycles. The van der Waals surface area contributed by atoms with Crippen molar-refractivity contribution in [3.8, 4) is 0 Å². The number of hydrogen-bond donors (Lipinski definition) is 0. The molecule has 0 fully saturated rings. The van der Waals surface area contributed by atoms with Gasteiger partial charge in [0.1, 0.15) is 0 Å². The Labute approximate surface area is 238 Å². The van der Waals surface area contributed by atoms with E-state index < -0.39 is 10.0 Å². The zero-order valence-corrected chi connectivity index (χ0v) is 23.9. The molecule has 5 aromatic rings. The number of rotatable bonds is 6. The van der Waals surface area contributed by atoms with Crippen molar-refractivity contribution in [3.05, 3.63) is 118 Å². The molecule has 6 rings (SSSR count). The van der Waals surface area contributed by atoms with Gasteiger partial charge >= 0.3 is 0 Å². The molecule has 0 radical (unpaired) electrons. The van der Waals surface area contributed by atoms with Gasteiger partial charge < -0.3 is 0 Å². The van der Waals surface area contributed by atoms with Gasteiger partial charge in [0, 0.05) is 29.3 Å². The van der Waals surface area contributed by atoms with Gasteiger partial charge in [-0.15, -0.1) is 0 Å². The summed E-state index contributed by atoms with van der Waals surface area (Å²) in [5.41, 5.74) is 4.08. The minimum Gasteiger partial charge on any atom is -0.278 e. The lowest BCUT2D eigenvalue weighted by Crippen LogP contribution is -2.36. The van der Waals surface area contributed by atoms with Crippen molar-refractivity contribution in [2.45, 2.75) is 24.4 Å². The van der Waals surface area contributed by atoms with Crippen LogP contribution < -0.4 is 4.90 Å². The molecule has 0 atom stereocenters. The molecule has 3 heterocycles. The molecule has 0 bridgehead atoms. The summed E-state index contributed by atoms with van der Waals surface area (Å²) < 4.78 is 30.2. The van der Waals surface area contributed by atoms with E-state index in [1.165, 1.54) is 33.3 Å². The van der Waals surface area contributed by atoms with Gasteiger partial charge in [0.05, 0.1) is 27.4 Å². The number of nitrogens with zero attached hydrogens (tertiary/aromatic N) is 4. The van der Waals surface area contributed by atoms with Crippen LogP contribution in [0.1, 0.15) is 27.2 Å². The predicted molar refractivity (Wildman–Crippen MR) is 156 cm³/mol. The molecule has 0 spiro atoms. The SMILES string of the molecule is O=C(c1ccc(S(=O)(=O)N2CCc3ccccc3C2)cc1)N(Cc1ccccn1)c1nc2ccc(Br)cc2s1. The molecular weight excluding hydrogens is 596 g/mol. The second-order valence-electron chi connectivity index (χ2n) is 9.20. The van der Waals surface area contributed by atoms with E-state index in [2.05, 4.69) is 20.9 Å². The molecule has 0 aliphatic carbocycles. The Balaban J connectivity index is 1.29. The normalized spacial score (nSPS) is 13.8. The zero-order valence-electron chi connectivity index (χ0n) is 20.7. The van der Waals surface area contributed by atoms with Crippen molar-refractivity contribution >= 4 is 58.5 Å². The fourth-order valence-electron chi connectivity index (χ4n) is 4.63. The molecule has 3 aromatic carbocycles. The van der Waals surface area contributed by atoms with Gasteiger partial charge in [-0.2, -0.15) is 4.31 Å². The second kappa shape index (κ2) is 10.6. The van der Waals surface area contributed by atoms with Gasteiger partial charge in [0.2, 0.25) is 10.0 Å². The van der Waals surface area contributed by atoms with Gasteiger partial charge in [-0.3, -0.25) is 14.7 Å². The fraction of sp³-hybridized carbons (Fsp3) is 0.138. The largest absolute Gasteiger partial charge is 0.278 e. The van der Waals surface area contributed by atoms with Crippen molar-refractivity contribution in [3.63, 3.8) is 0 Å². The number of carbonyl (C=O) groups excluding carboxylic acids is 1. The molecular formula is C29H23BrN4O3S2. The molecule has 0 N–H and O–H groups in total. The summed E-state index contributed by atoms with van der Waals surface area (Å²) in [5, 5.41) is 0.544. The lowest BCUT2D eigenvalue weighted by Gasteiger charge is -2.28. The van der Waals surface area contributed by atoms with E-state index in [9.17, 15) is 13.2 Å². The molecule has 196 valence electrons. The smallest absolute Gasteiger partial charge is 0.260 e. The molecule has 7 nitrogen and oxygen atoms in total. The molecule has 10 heteroatoms. The maximum Gasteiger partial charge on any atom is 0.260 e. The van der Waals surface area contributed by atoms with Gasteiger partial charge in [-0.25, -0.2) is 13.4 Å². The summed E-state index contributed by atoms with van der Waals surface area (Å²) >= 11 is 4.91. The highest BCUT2D eigenvalue weighted by Crippen LogP contribution is 2.33. The van der Waals surface area contributed by atoms with Crippen LogP contribution in [0.3, 0.4) is 0 Å². The molecule has 0 saturated heterocycles. The van der Waals surface area contributed by atoms with Crippen LogP contribution >= 0.6 is 27.3 Å². The zero-order chi connectivity index (χ0) is 27.0. The molecule has 1 aliphatic rings. The highest BCUT2D eigenvalue weighted by atomic mass is 79.9. The number of benzene rings is 3.